The van der Waals surface area contributed by atoms with Crippen LogP contribution in [0.1, 0.15) is 28.0 Å². The number of carbonyl (C=O) groups is 1. The van der Waals surface area contributed by atoms with Crippen molar-refractivity contribution in [3.63, 3.8) is 0 Å². The van der Waals surface area contributed by atoms with Crippen LogP contribution in [0.4, 0.5) is 0 Å². The van der Waals surface area contributed by atoms with E-state index in [1.807, 2.05) is 54.3 Å². The highest BCUT2D eigenvalue weighted by Gasteiger charge is 2.18. The second kappa shape index (κ2) is 7.55. The normalized spacial score (nSPS) is 10.4. The van der Waals surface area contributed by atoms with Gasteiger partial charge in [0.15, 0.2) is 0 Å². The third-order valence-corrected chi connectivity index (χ3v) is 3.35. The quantitative estimate of drug-likeness (QED) is 0.885. The van der Waals surface area contributed by atoms with Gasteiger partial charge in [-0.05, 0) is 37.1 Å². The number of benzene rings is 1. The maximum absolute atomic E-state index is 12.7. The Morgan fingerprint density at radius 1 is 1.19 bits per heavy atom. The van der Waals surface area contributed by atoms with Crippen molar-refractivity contribution in [2.24, 2.45) is 5.73 Å². The predicted octanol–water partition coefficient (Wildman–Crippen LogP) is 2.38. The molecule has 0 bridgehead atoms. The number of rotatable bonds is 6. The zero-order chi connectivity index (χ0) is 15.1. The van der Waals surface area contributed by atoms with Crippen LogP contribution >= 0.6 is 0 Å². The lowest BCUT2D eigenvalue weighted by atomic mass is 10.1. The smallest absolute Gasteiger partial charge is 0.273 e. The second-order valence-electron chi connectivity index (χ2n) is 5.02. The highest BCUT2D eigenvalue weighted by molar-refractivity contribution is 5.93. The van der Waals surface area contributed by atoms with Gasteiger partial charge >= 0.3 is 0 Å². The van der Waals surface area contributed by atoms with Crippen molar-refractivity contribution in [1.82, 2.24) is 9.88 Å². The van der Waals surface area contributed by atoms with Gasteiger partial charge in [0.1, 0.15) is 5.69 Å². The van der Waals surface area contributed by atoms with Crippen molar-refractivity contribution in [2.45, 2.75) is 19.9 Å². The SMILES string of the molecule is Cc1cccnc1C(=O)N(CCCN)Cc1ccccc1. The Labute approximate surface area is 125 Å². The molecule has 0 saturated carbocycles. The molecule has 21 heavy (non-hydrogen) atoms. The third kappa shape index (κ3) is 4.13. The molecule has 2 N–H and O–H groups in total. The van der Waals surface area contributed by atoms with Gasteiger partial charge in [-0.1, -0.05) is 36.4 Å². The molecule has 0 saturated heterocycles. The first-order valence-corrected chi connectivity index (χ1v) is 7.17. The van der Waals surface area contributed by atoms with Gasteiger partial charge in [-0.15, -0.1) is 0 Å². The van der Waals surface area contributed by atoms with Gasteiger partial charge in [0, 0.05) is 19.3 Å². The van der Waals surface area contributed by atoms with Gasteiger partial charge in [-0.2, -0.15) is 0 Å². The van der Waals surface area contributed by atoms with Crippen molar-refractivity contribution in [3.8, 4) is 0 Å². The molecule has 4 nitrogen and oxygen atoms in total. The molecule has 0 spiro atoms. The van der Waals surface area contributed by atoms with E-state index in [0.29, 0.717) is 25.3 Å². The average Bonchev–Trinajstić information content (AvgIpc) is 2.52. The minimum absolute atomic E-state index is 0.0367. The molecule has 0 aliphatic rings. The zero-order valence-electron chi connectivity index (χ0n) is 12.3. The van der Waals surface area contributed by atoms with Crippen molar-refractivity contribution >= 4 is 5.91 Å². The van der Waals surface area contributed by atoms with Crippen LogP contribution in [0.5, 0.6) is 0 Å². The monoisotopic (exact) mass is 283 g/mol. The largest absolute Gasteiger partial charge is 0.333 e. The average molecular weight is 283 g/mol. The number of hydrogen-bond acceptors (Lipinski definition) is 3. The summed E-state index contributed by atoms with van der Waals surface area (Å²) in [5.74, 6) is -0.0367. The van der Waals surface area contributed by atoms with E-state index >= 15 is 0 Å². The van der Waals surface area contributed by atoms with E-state index < -0.39 is 0 Å². The zero-order valence-corrected chi connectivity index (χ0v) is 12.3. The maximum Gasteiger partial charge on any atom is 0.273 e. The van der Waals surface area contributed by atoms with Crippen LogP contribution in [0.3, 0.4) is 0 Å². The number of pyridine rings is 1. The van der Waals surface area contributed by atoms with Gasteiger partial charge < -0.3 is 10.6 Å². The van der Waals surface area contributed by atoms with E-state index in [2.05, 4.69) is 4.98 Å². The van der Waals surface area contributed by atoms with E-state index in [0.717, 1.165) is 17.5 Å². The minimum Gasteiger partial charge on any atom is -0.333 e. The maximum atomic E-state index is 12.7. The highest BCUT2D eigenvalue weighted by Crippen LogP contribution is 2.12. The van der Waals surface area contributed by atoms with Crippen LogP contribution in [0.25, 0.3) is 0 Å². The van der Waals surface area contributed by atoms with Gasteiger partial charge in [-0.25, -0.2) is 0 Å². The lowest BCUT2D eigenvalue weighted by Crippen LogP contribution is -2.33. The lowest BCUT2D eigenvalue weighted by molar-refractivity contribution is 0.0735. The summed E-state index contributed by atoms with van der Waals surface area (Å²) in [6, 6.07) is 13.7. The van der Waals surface area contributed by atoms with Crippen molar-refractivity contribution in [3.05, 3.63) is 65.5 Å². The number of aromatic nitrogens is 1. The van der Waals surface area contributed by atoms with Crippen LogP contribution < -0.4 is 5.73 Å². The van der Waals surface area contributed by atoms with Crippen LogP contribution in [-0.2, 0) is 6.54 Å². The van der Waals surface area contributed by atoms with Crippen LogP contribution in [0.2, 0.25) is 0 Å². The standard InChI is InChI=1S/C17H21N3O/c1-14-7-5-11-19-16(14)17(21)20(12-6-10-18)13-15-8-3-2-4-9-15/h2-5,7-9,11H,6,10,12-13,18H2,1H3. The topological polar surface area (TPSA) is 59.2 Å². The number of nitrogens with zero attached hydrogens (tertiary/aromatic N) is 2. The molecule has 1 aromatic heterocycles. The Morgan fingerprint density at radius 3 is 2.62 bits per heavy atom. The Hall–Kier alpha value is -2.20. The molecule has 0 radical (unpaired) electrons. The minimum atomic E-state index is -0.0367. The molecule has 1 amide bonds. The molecule has 1 aromatic carbocycles. The molecule has 0 aliphatic carbocycles. The molecular formula is C17H21N3O. The first-order chi connectivity index (χ1) is 10.2. The van der Waals surface area contributed by atoms with E-state index in [1.165, 1.54) is 0 Å². The molecule has 0 fully saturated rings. The Kier molecular flexibility index (Phi) is 5.46. The molecule has 2 aromatic rings. The lowest BCUT2D eigenvalue weighted by Gasteiger charge is -2.23. The molecule has 110 valence electrons. The summed E-state index contributed by atoms with van der Waals surface area (Å²) in [6.07, 6.45) is 2.44. The summed E-state index contributed by atoms with van der Waals surface area (Å²) in [5.41, 5.74) is 8.11. The van der Waals surface area contributed by atoms with Crippen LogP contribution in [0, 0.1) is 6.92 Å². The van der Waals surface area contributed by atoms with E-state index in [4.69, 9.17) is 5.73 Å². The Morgan fingerprint density at radius 2 is 1.95 bits per heavy atom. The summed E-state index contributed by atoms with van der Waals surface area (Å²) in [4.78, 5) is 18.7. The highest BCUT2D eigenvalue weighted by atomic mass is 16.2. The van der Waals surface area contributed by atoms with Crippen molar-refractivity contribution in [2.75, 3.05) is 13.1 Å². The first kappa shape index (κ1) is 15.2. The third-order valence-electron chi connectivity index (χ3n) is 3.35. The van der Waals surface area contributed by atoms with Crippen molar-refractivity contribution in [1.29, 1.82) is 0 Å². The molecule has 0 aliphatic heterocycles. The molecule has 2 rings (SSSR count). The van der Waals surface area contributed by atoms with Gasteiger partial charge in [0.25, 0.3) is 5.91 Å². The summed E-state index contributed by atoms with van der Waals surface area (Å²) in [6.45, 7) is 3.69. The van der Waals surface area contributed by atoms with E-state index in [-0.39, 0.29) is 5.91 Å². The van der Waals surface area contributed by atoms with E-state index in [9.17, 15) is 4.79 Å². The fourth-order valence-corrected chi connectivity index (χ4v) is 2.20. The number of aryl methyl sites for hydroxylation is 1. The molecule has 0 unspecified atom stereocenters. The summed E-state index contributed by atoms with van der Waals surface area (Å²) < 4.78 is 0. The Balaban J connectivity index is 2.19. The molecule has 0 atom stereocenters. The van der Waals surface area contributed by atoms with Crippen LogP contribution in [0.15, 0.2) is 48.7 Å². The Bertz CT molecular complexity index is 584. The summed E-state index contributed by atoms with van der Waals surface area (Å²) in [7, 11) is 0. The number of carbonyl (C=O) groups excluding carboxylic acids is 1. The summed E-state index contributed by atoms with van der Waals surface area (Å²) in [5, 5.41) is 0. The van der Waals surface area contributed by atoms with Gasteiger partial charge in [-0.3, -0.25) is 9.78 Å². The molecule has 1 heterocycles. The number of hydrogen-bond donors (Lipinski definition) is 1. The first-order valence-electron chi connectivity index (χ1n) is 7.17. The fourth-order valence-electron chi connectivity index (χ4n) is 2.20. The fraction of sp³-hybridized carbons (Fsp3) is 0.294. The van der Waals surface area contributed by atoms with Gasteiger partial charge in [0.2, 0.25) is 0 Å². The van der Waals surface area contributed by atoms with Gasteiger partial charge in [0.05, 0.1) is 0 Å². The summed E-state index contributed by atoms with van der Waals surface area (Å²) >= 11 is 0. The second-order valence-corrected chi connectivity index (χ2v) is 5.02. The molecular weight excluding hydrogens is 262 g/mol. The number of nitrogens with two attached hydrogens (primary N) is 1. The molecule has 4 heteroatoms. The predicted molar refractivity (Wildman–Crippen MR) is 83.8 cm³/mol. The van der Waals surface area contributed by atoms with Crippen LogP contribution in [-0.4, -0.2) is 28.9 Å². The van der Waals surface area contributed by atoms with E-state index in [1.54, 1.807) is 6.20 Å². The number of amides is 1. The van der Waals surface area contributed by atoms with Crippen molar-refractivity contribution < 1.29 is 4.79 Å².